The van der Waals surface area contributed by atoms with Gasteiger partial charge in [0.1, 0.15) is 0 Å². The van der Waals surface area contributed by atoms with E-state index in [2.05, 4.69) is 194 Å². The zero-order valence-corrected chi connectivity index (χ0v) is 27.0. The minimum atomic E-state index is -0.406. The third-order valence-corrected chi connectivity index (χ3v) is 10.7. The van der Waals surface area contributed by atoms with Crippen molar-refractivity contribution < 1.29 is 0 Å². The Balaban J connectivity index is 1.22. The number of benzene rings is 9. The van der Waals surface area contributed by atoms with E-state index in [1.807, 2.05) is 0 Å². The van der Waals surface area contributed by atoms with Crippen molar-refractivity contribution >= 4 is 32.3 Å². The molecule has 0 heteroatoms. The third kappa shape index (κ3) is 4.04. The van der Waals surface area contributed by atoms with Crippen molar-refractivity contribution in [3.05, 3.63) is 216 Å². The lowest BCUT2D eigenvalue weighted by Crippen LogP contribution is -2.28. The Kier molecular flexibility index (Phi) is 6.19. The second-order valence-corrected chi connectivity index (χ2v) is 13.2. The van der Waals surface area contributed by atoms with Crippen LogP contribution in [0, 0.1) is 0 Å². The van der Waals surface area contributed by atoms with E-state index in [9.17, 15) is 0 Å². The molecule has 10 rings (SSSR count). The molecule has 0 aromatic heterocycles. The summed E-state index contributed by atoms with van der Waals surface area (Å²) < 4.78 is 0. The van der Waals surface area contributed by atoms with Gasteiger partial charge >= 0.3 is 0 Å². The molecule has 0 amide bonds. The van der Waals surface area contributed by atoms with E-state index in [1.54, 1.807) is 0 Å². The fraction of sp³-hybridized carbons (Fsp3) is 0.0204. The molecular weight excluding hydrogens is 589 g/mol. The smallest absolute Gasteiger partial charge is 0.0622 e. The summed E-state index contributed by atoms with van der Waals surface area (Å²) in [5, 5.41) is 7.61. The molecule has 0 aliphatic heterocycles. The van der Waals surface area contributed by atoms with Gasteiger partial charge in [-0.3, -0.25) is 0 Å². The molecule has 9 aromatic rings. The van der Waals surface area contributed by atoms with Gasteiger partial charge in [-0.1, -0.05) is 188 Å². The van der Waals surface area contributed by atoms with E-state index < -0.39 is 5.41 Å². The van der Waals surface area contributed by atoms with Crippen LogP contribution in [-0.2, 0) is 5.41 Å². The maximum Gasteiger partial charge on any atom is 0.0713 e. The first-order valence-electron chi connectivity index (χ1n) is 17.1. The van der Waals surface area contributed by atoms with Crippen LogP contribution in [0.5, 0.6) is 0 Å². The quantitative estimate of drug-likeness (QED) is 0.172. The van der Waals surface area contributed by atoms with Gasteiger partial charge in [-0.2, -0.15) is 0 Å². The van der Waals surface area contributed by atoms with Gasteiger partial charge < -0.3 is 0 Å². The monoisotopic (exact) mass is 620 g/mol. The summed E-state index contributed by atoms with van der Waals surface area (Å²) in [5.41, 5.74) is 12.5. The standard InChI is InChI=1S/C49H32/c1-2-16-37(17-3-1)49(45-24-12-10-18-39(45)40-19-11-13-25-46(40)49)38-30-28-34(29-31-38)47-41-20-6-8-22-43(41)48(44-23-9-7-21-42(44)47)36-27-26-33-14-4-5-15-35(33)32-36/h1-32H. The Labute approximate surface area is 286 Å². The van der Waals surface area contributed by atoms with Crippen molar-refractivity contribution in [1.82, 2.24) is 0 Å². The molecule has 0 bridgehead atoms. The van der Waals surface area contributed by atoms with Crippen LogP contribution in [0.1, 0.15) is 22.3 Å². The molecule has 1 aliphatic rings. The lowest BCUT2D eigenvalue weighted by molar-refractivity contribution is 0.768. The van der Waals surface area contributed by atoms with Crippen molar-refractivity contribution in [1.29, 1.82) is 0 Å². The average Bonchev–Trinajstić information content (AvgIpc) is 3.48. The van der Waals surface area contributed by atoms with Crippen molar-refractivity contribution in [2.75, 3.05) is 0 Å². The SMILES string of the molecule is c1ccc(C2(c3ccc(-c4c5ccccc5c(-c5ccc6ccccc6c5)c5ccccc45)cc3)c3ccccc3-c3ccccc32)cc1. The minimum Gasteiger partial charge on any atom is -0.0622 e. The molecule has 0 N–H and O–H groups in total. The molecule has 49 heavy (non-hydrogen) atoms. The maximum absolute atomic E-state index is 2.38. The summed E-state index contributed by atoms with van der Waals surface area (Å²) in [6.45, 7) is 0. The molecule has 0 atom stereocenters. The second kappa shape index (κ2) is 10.9. The predicted molar refractivity (Wildman–Crippen MR) is 207 cm³/mol. The molecule has 1 aliphatic carbocycles. The first-order chi connectivity index (χ1) is 24.3. The third-order valence-electron chi connectivity index (χ3n) is 10.7. The van der Waals surface area contributed by atoms with Gasteiger partial charge in [-0.15, -0.1) is 0 Å². The molecule has 0 saturated carbocycles. The summed E-state index contributed by atoms with van der Waals surface area (Å²) in [6, 6.07) is 71.8. The number of rotatable bonds is 4. The van der Waals surface area contributed by atoms with Crippen molar-refractivity contribution in [2.45, 2.75) is 5.41 Å². The molecule has 0 radical (unpaired) electrons. The molecule has 228 valence electrons. The van der Waals surface area contributed by atoms with E-state index in [0.29, 0.717) is 0 Å². The zero-order valence-electron chi connectivity index (χ0n) is 27.0. The largest absolute Gasteiger partial charge is 0.0713 e. The maximum atomic E-state index is 2.38. The Morgan fingerprint density at radius 1 is 0.286 bits per heavy atom. The number of hydrogen-bond donors (Lipinski definition) is 0. The number of hydrogen-bond acceptors (Lipinski definition) is 0. The highest BCUT2D eigenvalue weighted by Gasteiger charge is 2.45. The topological polar surface area (TPSA) is 0 Å². The van der Waals surface area contributed by atoms with Gasteiger partial charge in [0.15, 0.2) is 0 Å². The van der Waals surface area contributed by atoms with E-state index in [-0.39, 0.29) is 0 Å². The van der Waals surface area contributed by atoms with Gasteiger partial charge in [-0.25, -0.2) is 0 Å². The molecule has 0 spiro atoms. The van der Waals surface area contributed by atoms with E-state index in [4.69, 9.17) is 0 Å². The molecule has 0 heterocycles. The van der Waals surface area contributed by atoms with Gasteiger partial charge in [-0.05, 0) is 94.0 Å². The van der Waals surface area contributed by atoms with E-state index >= 15 is 0 Å². The summed E-state index contributed by atoms with van der Waals surface area (Å²) >= 11 is 0. The first kappa shape index (κ1) is 27.8. The molecule has 0 saturated heterocycles. The summed E-state index contributed by atoms with van der Waals surface area (Å²) in [5.74, 6) is 0. The van der Waals surface area contributed by atoms with Crippen LogP contribution in [0.3, 0.4) is 0 Å². The average molecular weight is 621 g/mol. The second-order valence-electron chi connectivity index (χ2n) is 13.2. The molecule has 9 aromatic carbocycles. The van der Waals surface area contributed by atoms with Crippen LogP contribution < -0.4 is 0 Å². The molecule has 0 nitrogen and oxygen atoms in total. The first-order valence-corrected chi connectivity index (χ1v) is 17.1. The van der Waals surface area contributed by atoms with Crippen molar-refractivity contribution in [3.8, 4) is 33.4 Å². The minimum absolute atomic E-state index is 0.406. The van der Waals surface area contributed by atoms with Crippen LogP contribution >= 0.6 is 0 Å². The highest BCUT2D eigenvalue weighted by Crippen LogP contribution is 2.56. The van der Waals surface area contributed by atoms with Crippen molar-refractivity contribution in [2.24, 2.45) is 0 Å². The lowest BCUT2D eigenvalue weighted by atomic mass is 9.67. The molecule has 0 fully saturated rings. The van der Waals surface area contributed by atoms with Crippen molar-refractivity contribution in [3.63, 3.8) is 0 Å². The van der Waals surface area contributed by atoms with Crippen LogP contribution in [0.15, 0.2) is 194 Å². The Bertz CT molecular complexity index is 2590. The van der Waals surface area contributed by atoms with Gasteiger partial charge in [0.05, 0.1) is 5.41 Å². The van der Waals surface area contributed by atoms with E-state index in [0.717, 1.165) is 0 Å². The van der Waals surface area contributed by atoms with Crippen LogP contribution in [0.25, 0.3) is 65.7 Å². The molecular formula is C49H32. The van der Waals surface area contributed by atoms with Crippen LogP contribution in [-0.4, -0.2) is 0 Å². The van der Waals surface area contributed by atoms with Gasteiger partial charge in [0, 0.05) is 0 Å². The fourth-order valence-electron chi connectivity index (χ4n) is 8.69. The van der Waals surface area contributed by atoms with E-state index in [1.165, 1.54) is 88.0 Å². The van der Waals surface area contributed by atoms with Crippen LogP contribution in [0.4, 0.5) is 0 Å². The van der Waals surface area contributed by atoms with Gasteiger partial charge in [0.25, 0.3) is 0 Å². The Hall–Kier alpha value is -6.24. The number of fused-ring (bicyclic) bond motifs is 6. The lowest BCUT2D eigenvalue weighted by Gasteiger charge is -2.34. The summed E-state index contributed by atoms with van der Waals surface area (Å²) in [6.07, 6.45) is 0. The highest BCUT2D eigenvalue weighted by atomic mass is 14.5. The normalized spacial score (nSPS) is 13.1. The predicted octanol–water partition coefficient (Wildman–Crippen LogP) is 12.8. The Morgan fingerprint density at radius 3 is 1.31 bits per heavy atom. The molecule has 0 unspecified atom stereocenters. The fourth-order valence-corrected chi connectivity index (χ4v) is 8.69. The zero-order chi connectivity index (χ0) is 32.4. The summed E-state index contributed by atoms with van der Waals surface area (Å²) in [7, 11) is 0. The highest BCUT2D eigenvalue weighted by molar-refractivity contribution is 6.21. The van der Waals surface area contributed by atoms with Crippen LogP contribution in [0.2, 0.25) is 0 Å². The van der Waals surface area contributed by atoms with Gasteiger partial charge in [0.2, 0.25) is 0 Å². The summed E-state index contributed by atoms with van der Waals surface area (Å²) in [4.78, 5) is 0. The Morgan fingerprint density at radius 2 is 0.714 bits per heavy atom.